The molecule has 0 heterocycles. The Kier molecular flexibility index (Phi) is 2.76. The minimum Gasteiger partial charge on any atom is -0.477 e. The van der Waals surface area contributed by atoms with Crippen LogP contribution in [-0.2, 0) is 9.53 Å². The van der Waals surface area contributed by atoms with Crippen molar-refractivity contribution in [2.45, 2.75) is 6.92 Å². The third-order valence-electron chi connectivity index (χ3n) is 0.571. The Balaban J connectivity index is 3.92. The number of hydrogen-bond acceptors (Lipinski definition) is 3. The highest BCUT2D eigenvalue weighted by Crippen LogP contribution is 1.81. The van der Waals surface area contributed by atoms with E-state index in [-0.39, 0.29) is 0 Å². The molecule has 0 rings (SSSR count). The molecule has 0 aliphatic rings. The van der Waals surface area contributed by atoms with Gasteiger partial charge in [-0.05, 0) is 5.21 Å². The van der Waals surface area contributed by atoms with Crippen LogP contribution in [0.4, 0.5) is 4.48 Å². The van der Waals surface area contributed by atoms with Crippen molar-refractivity contribution in [1.82, 2.24) is 0 Å². The van der Waals surface area contributed by atoms with E-state index in [2.05, 4.69) is 9.95 Å². The number of nitrogens with zero attached hydrogens (tertiary/aromatic N) is 1. The van der Waals surface area contributed by atoms with Crippen molar-refractivity contribution < 1.29 is 14.0 Å². The lowest BCUT2D eigenvalue weighted by Gasteiger charge is -1.92. The molecule has 0 saturated carbocycles. The fraction of sp³-hybridized carbons (Fsp3) is 0.500. The van der Waals surface area contributed by atoms with E-state index in [1.54, 1.807) is 0 Å². The van der Waals surface area contributed by atoms with Gasteiger partial charge in [0.15, 0.2) is 0 Å². The molecule has 4 heteroatoms. The van der Waals surface area contributed by atoms with Crippen LogP contribution in [0.1, 0.15) is 6.92 Å². The zero-order valence-corrected chi connectivity index (χ0v) is 4.64. The summed E-state index contributed by atoms with van der Waals surface area (Å²) in [6.07, 6.45) is 0. The first-order valence-corrected chi connectivity index (χ1v) is 1.96. The van der Waals surface area contributed by atoms with Gasteiger partial charge in [0.05, 0.1) is 7.11 Å². The lowest BCUT2D eigenvalue weighted by molar-refractivity contribution is -0.112. The van der Waals surface area contributed by atoms with Crippen molar-refractivity contribution in [3.63, 3.8) is 0 Å². The fourth-order valence-corrected chi connectivity index (χ4v) is 0.238. The average molecular weight is 119 g/mol. The Morgan fingerprint density at radius 1 is 1.75 bits per heavy atom. The molecule has 0 aliphatic carbocycles. The maximum Gasteiger partial charge on any atom is 0.287 e. The summed E-state index contributed by atoms with van der Waals surface area (Å²) >= 11 is 0. The summed E-state index contributed by atoms with van der Waals surface area (Å²) in [7, 11) is 1.18. The zero-order chi connectivity index (χ0) is 6.57. The summed E-state index contributed by atoms with van der Waals surface area (Å²) in [6.45, 7) is 1.17. The second kappa shape index (κ2) is 3.12. The van der Waals surface area contributed by atoms with Crippen LogP contribution in [0.25, 0.3) is 0 Å². The number of ether oxygens (including phenoxy) is 1. The smallest absolute Gasteiger partial charge is 0.287 e. The second-order valence-corrected chi connectivity index (χ2v) is 1.15. The predicted molar refractivity (Wildman–Crippen MR) is 26.2 cm³/mol. The Morgan fingerprint density at radius 3 is 2.25 bits per heavy atom. The number of carbonyl (C=O) groups excluding carboxylic acids is 1. The molecule has 0 radical (unpaired) electrons. The standard InChI is InChI=1S/C4H6FNO2/c1-3(7)4(6-5)8-2/h1-2H3/b6-4+. The van der Waals surface area contributed by atoms with Crippen LogP contribution in [0, 0.1) is 0 Å². The summed E-state index contributed by atoms with van der Waals surface area (Å²) in [5, 5.41) is 2.05. The number of halogens is 1. The van der Waals surface area contributed by atoms with Crippen LogP contribution in [0.3, 0.4) is 0 Å². The third-order valence-corrected chi connectivity index (χ3v) is 0.571. The summed E-state index contributed by atoms with van der Waals surface area (Å²) in [6, 6.07) is 0. The minimum atomic E-state index is -0.519. The Hall–Kier alpha value is -0.930. The van der Waals surface area contributed by atoms with E-state index in [4.69, 9.17) is 0 Å². The first-order valence-electron chi connectivity index (χ1n) is 1.96. The zero-order valence-electron chi connectivity index (χ0n) is 4.64. The molecule has 0 atom stereocenters. The van der Waals surface area contributed by atoms with Gasteiger partial charge >= 0.3 is 0 Å². The van der Waals surface area contributed by atoms with Crippen LogP contribution in [-0.4, -0.2) is 18.8 Å². The lowest BCUT2D eigenvalue weighted by atomic mass is 10.5. The number of ketones is 1. The van der Waals surface area contributed by atoms with Gasteiger partial charge in [0.2, 0.25) is 5.78 Å². The molecule has 0 aromatic rings. The Bertz CT molecular complexity index is 121. The molecule has 0 spiro atoms. The first-order chi connectivity index (χ1) is 3.72. The highest BCUT2D eigenvalue weighted by molar-refractivity contribution is 6.35. The van der Waals surface area contributed by atoms with Crippen molar-refractivity contribution in [2.75, 3.05) is 7.11 Å². The maximum absolute atomic E-state index is 11.2. The van der Waals surface area contributed by atoms with E-state index in [9.17, 15) is 9.28 Å². The van der Waals surface area contributed by atoms with Crippen LogP contribution in [0.5, 0.6) is 0 Å². The second-order valence-electron chi connectivity index (χ2n) is 1.15. The molecule has 0 unspecified atom stereocenters. The van der Waals surface area contributed by atoms with Crippen molar-refractivity contribution in [1.29, 1.82) is 0 Å². The highest BCUT2D eigenvalue weighted by Gasteiger charge is 2.02. The maximum atomic E-state index is 11.2. The monoisotopic (exact) mass is 119 g/mol. The Labute approximate surface area is 46.1 Å². The van der Waals surface area contributed by atoms with Crippen LogP contribution < -0.4 is 0 Å². The number of carbonyl (C=O) groups is 1. The summed E-state index contributed by atoms with van der Waals surface area (Å²) in [5.41, 5.74) is 0. The van der Waals surface area contributed by atoms with Gasteiger partial charge in [0, 0.05) is 6.92 Å². The van der Waals surface area contributed by atoms with Gasteiger partial charge in [0.1, 0.15) is 0 Å². The molecular weight excluding hydrogens is 113 g/mol. The molecule has 46 valence electrons. The molecule has 0 aromatic carbocycles. The topological polar surface area (TPSA) is 38.7 Å². The van der Waals surface area contributed by atoms with Gasteiger partial charge < -0.3 is 4.74 Å². The van der Waals surface area contributed by atoms with E-state index in [1.807, 2.05) is 0 Å². The molecular formula is C4H6FNO2. The average Bonchev–Trinajstić information content (AvgIpc) is 1.69. The van der Waals surface area contributed by atoms with Crippen LogP contribution in [0.15, 0.2) is 5.21 Å². The Morgan fingerprint density at radius 2 is 2.25 bits per heavy atom. The molecule has 0 saturated heterocycles. The van der Waals surface area contributed by atoms with Gasteiger partial charge in [-0.25, -0.2) is 0 Å². The molecule has 0 fully saturated rings. The van der Waals surface area contributed by atoms with E-state index >= 15 is 0 Å². The normalized spacial score (nSPS) is 11.1. The van der Waals surface area contributed by atoms with Crippen molar-refractivity contribution >= 4 is 11.7 Å². The lowest BCUT2D eigenvalue weighted by Crippen LogP contribution is -2.10. The minimum absolute atomic E-state index is 0.495. The highest BCUT2D eigenvalue weighted by atomic mass is 19.2. The van der Waals surface area contributed by atoms with E-state index in [1.165, 1.54) is 14.0 Å². The van der Waals surface area contributed by atoms with Gasteiger partial charge in [0.25, 0.3) is 5.90 Å². The van der Waals surface area contributed by atoms with Crippen molar-refractivity contribution in [2.24, 2.45) is 5.21 Å². The quantitative estimate of drug-likeness (QED) is 0.372. The van der Waals surface area contributed by atoms with Gasteiger partial charge in [-0.2, -0.15) is 0 Å². The molecule has 0 aromatic heterocycles. The SMILES string of the molecule is CO/C(=N/F)C(C)=O. The molecule has 0 bridgehead atoms. The van der Waals surface area contributed by atoms with Crippen LogP contribution in [0.2, 0.25) is 0 Å². The molecule has 0 amide bonds. The summed E-state index contributed by atoms with van der Waals surface area (Å²) in [4.78, 5) is 10.1. The largest absolute Gasteiger partial charge is 0.477 e. The molecule has 0 aliphatic heterocycles. The van der Waals surface area contributed by atoms with Gasteiger partial charge in [-0.3, -0.25) is 4.79 Å². The van der Waals surface area contributed by atoms with Gasteiger partial charge in [-0.15, -0.1) is 0 Å². The summed E-state index contributed by atoms with van der Waals surface area (Å²) < 4.78 is 15.3. The number of rotatable bonds is 1. The predicted octanol–water partition coefficient (Wildman–Crippen LogP) is 0.505. The molecule has 3 nitrogen and oxygen atoms in total. The van der Waals surface area contributed by atoms with Crippen molar-refractivity contribution in [3.8, 4) is 0 Å². The van der Waals surface area contributed by atoms with Crippen molar-refractivity contribution in [3.05, 3.63) is 0 Å². The van der Waals surface area contributed by atoms with Gasteiger partial charge in [-0.1, -0.05) is 4.48 Å². The van der Waals surface area contributed by atoms with E-state index < -0.39 is 11.7 Å². The third kappa shape index (κ3) is 1.68. The van der Waals surface area contributed by atoms with Crippen LogP contribution >= 0.6 is 0 Å². The fourth-order valence-electron chi connectivity index (χ4n) is 0.238. The molecule has 0 N–H and O–H groups in total. The number of methoxy groups -OCH3 is 1. The summed E-state index contributed by atoms with van der Waals surface area (Å²) in [5.74, 6) is -1.01. The molecule has 8 heavy (non-hydrogen) atoms. The number of Topliss-reactive ketones (excluding diaryl/α,β-unsaturated/α-hetero) is 1. The van der Waals surface area contributed by atoms with E-state index in [0.717, 1.165) is 0 Å². The number of hydrogen-bond donors (Lipinski definition) is 0. The van der Waals surface area contributed by atoms with E-state index in [0.29, 0.717) is 0 Å². The first kappa shape index (κ1) is 7.07.